The van der Waals surface area contributed by atoms with Crippen LogP contribution in [0.3, 0.4) is 0 Å². The number of aromatic hydroxyl groups is 1. The quantitative estimate of drug-likeness (QED) is 0.628. The Hall–Kier alpha value is -2.27. The summed E-state index contributed by atoms with van der Waals surface area (Å²) >= 11 is 1.59. The minimum absolute atomic E-state index is 0.0515. The molecule has 4 nitrogen and oxygen atoms in total. The van der Waals surface area contributed by atoms with Gasteiger partial charge < -0.3 is 13.9 Å². The van der Waals surface area contributed by atoms with Crippen molar-refractivity contribution < 1.29 is 13.9 Å². The summed E-state index contributed by atoms with van der Waals surface area (Å²) in [5, 5.41) is 12.6. The molecule has 0 aromatic carbocycles. The van der Waals surface area contributed by atoms with E-state index in [0.29, 0.717) is 17.7 Å². The van der Waals surface area contributed by atoms with Gasteiger partial charge in [-0.2, -0.15) is 0 Å². The molecule has 5 heteroatoms. The first kappa shape index (κ1) is 17.2. The van der Waals surface area contributed by atoms with E-state index in [1.54, 1.807) is 29.9 Å². The van der Waals surface area contributed by atoms with Crippen LogP contribution < -0.4 is 5.63 Å². The SMILES string of the molecule is CCC(c1cccs1)c1c(O)cc(CC2(Cc3ccoc3)CC2)oc1=O. The lowest BCUT2D eigenvalue weighted by atomic mass is 9.92. The van der Waals surface area contributed by atoms with E-state index in [9.17, 15) is 9.90 Å². The summed E-state index contributed by atoms with van der Waals surface area (Å²) in [5.41, 5.74) is 1.23. The van der Waals surface area contributed by atoms with Crippen LogP contribution >= 0.6 is 11.3 Å². The molecule has 3 aromatic heterocycles. The molecule has 1 aliphatic carbocycles. The van der Waals surface area contributed by atoms with Gasteiger partial charge >= 0.3 is 5.63 Å². The van der Waals surface area contributed by atoms with Crippen LogP contribution in [-0.4, -0.2) is 5.11 Å². The Morgan fingerprint density at radius 2 is 2.15 bits per heavy atom. The first-order valence-electron chi connectivity index (χ1n) is 9.00. The van der Waals surface area contributed by atoms with Crippen molar-refractivity contribution in [3.05, 3.63) is 74.4 Å². The van der Waals surface area contributed by atoms with Gasteiger partial charge in [-0.3, -0.25) is 0 Å². The molecule has 1 aliphatic rings. The molecule has 3 aromatic rings. The highest BCUT2D eigenvalue weighted by atomic mass is 32.1. The van der Waals surface area contributed by atoms with Crippen LogP contribution in [0.4, 0.5) is 0 Å². The maximum atomic E-state index is 12.6. The zero-order valence-corrected chi connectivity index (χ0v) is 15.6. The van der Waals surface area contributed by atoms with E-state index in [2.05, 4.69) is 0 Å². The molecule has 0 radical (unpaired) electrons. The lowest BCUT2D eigenvalue weighted by Crippen LogP contribution is -2.16. The summed E-state index contributed by atoms with van der Waals surface area (Å²) in [6.45, 7) is 2.02. The molecular formula is C21H22O4S. The fraction of sp³-hybridized carbons (Fsp3) is 0.381. The highest BCUT2D eigenvalue weighted by Crippen LogP contribution is 2.51. The summed E-state index contributed by atoms with van der Waals surface area (Å²) in [6.07, 6.45) is 7.95. The Bertz CT molecular complexity index is 918. The lowest BCUT2D eigenvalue weighted by molar-refractivity contribution is 0.372. The van der Waals surface area contributed by atoms with Gasteiger partial charge in [0, 0.05) is 23.3 Å². The molecule has 0 saturated heterocycles. The zero-order valence-electron chi connectivity index (χ0n) is 14.7. The lowest BCUT2D eigenvalue weighted by Gasteiger charge is -2.16. The van der Waals surface area contributed by atoms with Gasteiger partial charge in [-0.15, -0.1) is 11.3 Å². The standard InChI is InChI=1S/C21H22O4S/c1-2-16(18-4-3-9-26-18)19-17(22)10-15(25-20(19)23)12-21(6-7-21)11-14-5-8-24-13-14/h3-5,8-10,13,16,22H,2,6-7,11-12H2,1H3. The average Bonchev–Trinajstić information content (AvgIpc) is 3.03. The third-order valence-corrected chi connectivity index (χ3v) is 6.31. The van der Waals surface area contributed by atoms with Crippen LogP contribution in [0.15, 0.2) is 55.8 Å². The molecule has 3 heterocycles. The van der Waals surface area contributed by atoms with E-state index in [1.165, 1.54) is 0 Å². The van der Waals surface area contributed by atoms with Gasteiger partial charge in [0.05, 0.1) is 18.1 Å². The van der Waals surface area contributed by atoms with Crippen molar-refractivity contribution in [2.24, 2.45) is 5.41 Å². The Morgan fingerprint density at radius 3 is 2.73 bits per heavy atom. The first-order valence-corrected chi connectivity index (χ1v) is 9.88. The maximum Gasteiger partial charge on any atom is 0.343 e. The van der Waals surface area contributed by atoms with Gasteiger partial charge in [0.2, 0.25) is 0 Å². The van der Waals surface area contributed by atoms with Gasteiger partial charge in [-0.1, -0.05) is 13.0 Å². The molecule has 136 valence electrons. The van der Waals surface area contributed by atoms with E-state index in [4.69, 9.17) is 8.83 Å². The second-order valence-electron chi connectivity index (χ2n) is 7.26. The Kier molecular flexibility index (Phi) is 4.49. The van der Waals surface area contributed by atoms with Crippen molar-refractivity contribution in [1.82, 2.24) is 0 Å². The van der Waals surface area contributed by atoms with Gasteiger partial charge in [-0.25, -0.2) is 4.79 Å². The van der Waals surface area contributed by atoms with Crippen LogP contribution in [-0.2, 0) is 12.8 Å². The number of hydrogen-bond acceptors (Lipinski definition) is 5. The number of thiophene rings is 1. The third kappa shape index (κ3) is 3.36. The number of hydrogen-bond donors (Lipinski definition) is 1. The topological polar surface area (TPSA) is 63.6 Å². The van der Waals surface area contributed by atoms with Crippen molar-refractivity contribution in [2.45, 2.75) is 44.9 Å². The molecule has 1 unspecified atom stereocenters. The molecule has 26 heavy (non-hydrogen) atoms. The molecular weight excluding hydrogens is 348 g/mol. The Labute approximate surface area is 156 Å². The van der Waals surface area contributed by atoms with Crippen molar-refractivity contribution in [3.63, 3.8) is 0 Å². The van der Waals surface area contributed by atoms with Gasteiger partial charge in [0.15, 0.2) is 0 Å². The monoisotopic (exact) mass is 370 g/mol. The van der Waals surface area contributed by atoms with Gasteiger partial charge in [0.25, 0.3) is 0 Å². The van der Waals surface area contributed by atoms with Crippen LogP contribution in [0.25, 0.3) is 0 Å². The molecule has 1 saturated carbocycles. The van der Waals surface area contributed by atoms with Crippen molar-refractivity contribution in [3.8, 4) is 5.75 Å². The van der Waals surface area contributed by atoms with Crippen molar-refractivity contribution in [2.75, 3.05) is 0 Å². The molecule has 0 spiro atoms. The highest BCUT2D eigenvalue weighted by molar-refractivity contribution is 7.10. The van der Waals surface area contributed by atoms with Crippen LogP contribution in [0.1, 0.15) is 53.9 Å². The molecule has 0 aliphatic heterocycles. The fourth-order valence-electron chi connectivity index (χ4n) is 3.77. The van der Waals surface area contributed by atoms with Crippen LogP contribution in [0.5, 0.6) is 5.75 Å². The summed E-state index contributed by atoms with van der Waals surface area (Å²) in [4.78, 5) is 13.7. The van der Waals surface area contributed by atoms with E-state index in [0.717, 1.165) is 36.1 Å². The second kappa shape index (κ2) is 6.80. The molecule has 0 bridgehead atoms. The predicted octanol–water partition coefficient (Wildman–Crippen LogP) is 5.11. The van der Waals surface area contributed by atoms with Gasteiger partial charge in [-0.05, 0) is 54.2 Å². The van der Waals surface area contributed by atoms with E-state index in [1.807, 2.05) is 30.5 Å². The fourth-order valence-corrected chi connectivity index (χ4v) is 4.69. The number of rotatable bonds is 7. The van der Waals surface area contributed by atoms with E-state index < -0.39 is 5.63 Å². The van der Waals surface area contributed by atoms with Gasteiger partial charge in [0.1, 0.15) is 11.5 Å². The maximum absolute atomic E-state index is 12.6. The summed E-state index contributed by atoms with van der Waals surface area (Å²) in [7, 11) is 0. The summed E-state index contributed by atoms with van der Waals surface area (Å²) in [6, 6.07) is 7.57. The highest BCUT2D eigenvalue weighted by Gasteiger charge is 2.43. The summed E-state index contributed by atoms with van der Waals surface area (Å²) < 4.78 is 10.8. The largest absolute Gasteiger partial charge is 0.507 e. The Balaban J connectivity index is 1.59. The van der Waals surface area contributed by atoms with E-state index >= 15 is 0 Å². The van der Waals surface area contributed by atoms with Crippen LogP contribution in [0, 0.1) is 5.41 Å². The Morgan fingerprint density at radius 1 is 1.31 bits per heavy atom. The first-order chi connectivity index (χ1) is 12.6. The summed E-state index contributed by atoms with van der Waals surface area (Å²) in [5.74, 6) is 0.495. The molecule has 4 rings (SSSR count). The predicted molar refractivity (Wildman–Crippen MR) is 101 cm³/mol. The van der Waals surface area contributed by atoms with Crippen LogP contribution in [0.2, 0.25) is 0 Å². The second-order valence-corrected chi connectivity index (χ2v) is 8.24. The molecule has 1 atom stereocenters. The molecule has 0 amide bonds. The van der Waals surface area contributed by atoms with Crippen molar-refractivity contribution in [1.29, 1.82) is 0 Å². The minimum atomic E-state index is -0.417. The minimum Gasteiger partial charge on any atom is -0.507 e. The van der Waals surface area contributed by atoms with Crippen molar-refractivity contribution >= 4 is 11.3 Å². The molecule has 1 N–H and O–H groups in total. The average molecular weight is 370 g/mol. The smallest absolute Gasteiger partial charge is 0.343 e. The number of furan rings is 1. The van der Waals surface area contributed by atoms with E-state index in [-0.39, 0.29) is 17.1 Å². The molecule has 1 fully saturated rings. The normalized spacial score (nSPS) is 16.5. The third-order valence-electron chi connectivity index (χ3n) is 5.33. The zero-order chi connectivity index (χ0) is 18.1.